The molecule has 0 aliphatic heterocycles. The Hall–Kier alpha value is -2.93. The van der Waals surface area contributed by atoms with Crippen LogP contribution in [-0.4, -0.2) is 32.1 Å². The third-order valence-electron chi connectivity index (χ3n) is 5.17. The van der Waals surface area contributed by atoms with Gasteiger partial charge in [0.2, 0.25) is 5.91 Å². The first-order valence-corrected chi connectivity index (χ1v) is 10.6. The molecule has 1 amide bonds. The average molecular weight is 428 g/mol. The van der Waals surface area contributed by atoms with E-state index in [0.29, 0.717) is 29.3 Å². The summed E-state index contributed by atoms with van der Waals surface area (Å²) in [5, 5.41) is 3.17. The number of anilines is 1. The minimum atomic E-state index is -0.577. The number of ether oxygens (including phenoxy) is 2. The Morgan fingerprint density at radius 3 is 2.43 bits per heavy atom. The minimum Gasteiger partial charge on any atom is -0.469 e. The van der Waals surface area contributed by atoms with Crippen molar-refractivity contribution in [1.29, 1.82) is 0 Å². The monoisotopic (exact) mass is 427 g/mol. The molecule has 0 fully saturated rings. The summed E-state index contributed by atoms with van der Waals surface area (Å²) in [5.74, 6) is -1.40. The summed E-state index contributed by atoms with van der Waals surface area (Å²) in [6.45, 7) is 4.25. The van der Waals surface area contributed by atoms with Crippen LogP contribution >= 0.6 is 11.3 Å². The Morgan fingerprint density at radius 1 is 1.13 bits per heavy atom. The SMILES string of the molecule is COC(=O)c1c(NC(=O)/C=C/c2ccc(C(C)C)cc2)sc2c1C(C(=O)OC)CC2. The number of esters is 2. The van der Waals surface area contributed by atoms with E-state index in [1.54, 1.807) is 6.08 Å². The van der Waals surface area contributed by atoms with Gasteiger partial charge in [-0.05, 0) is 41.5 Å². The van der Waals surface area contributed by atoms with Gasteiger partial charge in [-0.25, -0.2) is 4.79 Å². The van der Waals surface area contributed by atoms with E-state index >= 15 is 0 Å². The molecule has 3 rings (SSSR count). The molecule has 30 heavy (non-hydrogen) atoms. The molecule has 1 heterocycles. The van der Waals surface area contributed by atoms with Crippen molar-refractivity contribution in [3.05, 3.63) is 57.5 Å². The van der Waals surface area contributed by atoms with Crippen LogP contribution in [-0.2, 0) is 25.5 Å². The van der Waals surface area contributed by atoms with E-state index in [4.69, 9.17) is 9.47 Å². The zero-order valence-corrected chi connectivity index (χ0v) is 18.3. The molecular formula is C23H25NO5S. The number of rotatable bonds is 6. The molecule has 0 spiro atoms. The number of hydrogen-bond acceptors (Lipinski definition) is 6. The van der Waals surface area contributed by atoms with Gasteiger partial charge in [0.05, 0.1) is 25.7 Å². The van der Waals surface area contributed by atoms with Crippen molar-refractivity contribution in [3.63, 3.8) is 0 Å². The van der Waals surface area contributed by atoms with Crippen LogP contribution in [0.5, 0.6) is 0 Å². The molecule has 1 aromatic heterocycles. The zero-order valence-electron chi connectivity index (χ0n) is 17.5. The van der Waals surface area contributed by atoms with Gasteiger partial charge in [0.15, 0.2) is 0 Å². The van der Waals surface area contributed by atoms with Crippen LogP contribution in [0.2, 0.25) is 0 Å². The smallest absolute Gasteiger partial charge is 0.341 e. The van der Waals surface area contributed by atoms with E-state index in [-0.39, 0.29) is 17.4 Å². The quantitative estimate of drug-likeness (QED) is 0.542. The number of carbonyl (C=O) groups excluding carboxylic acids is 3. The molecular weight excluding hydrogens is 402 g/mol. The lowest BCUT2D eigenvalue weighted by Crippen LogP contribution is -2.16. The summed E-state index contributed by atoms with van der Waals surface area (Å²) < 4.78 is 9.79. The Morgan fingerprint density at radius 2 is 1.83 bits per heavy atom. The highest BCUT2D eigenvalue weighted by Crippen LogP contribution is 2.45. The average Bonchev–Trinajstić information content (AvgIpc) is 3.30. The minimum absolute atomic E-state index is 0.244. The van der Waals surface area contributed by atoms with E-state index < -0.39 is 11.9 Å². The van der Waals surface area contributed by atoms with Crippen LogP contribution in [0, 0.1) is 0 Å². The Balaban J connectivity index is 1.81. The maximum Gasteiger partial charge on any atom is 0.341 e. The standard InChI is InChI=1S/C23H25NO5S/c1-13(2)15-8-5-14(6-9-15)7-12-18(25)24-21-20(23(27)29-4)19-16(22(26)28-3)10-11-17(19)30-21/h5-9,12-13,16H,10-11H2,1-4H3,(H,24,25)/b12-7+. The van der Waals surface area contributed by atoms with Crippen molar-refractivity contribution >= 4 is 40.3 Å². The molecule has 6 nitrogen and oxygen atoms in total. The highest BCUT2D eigenvalue weighted by molar-refractivity contribution is 7.17. The molecule has 0 bridgehead atoms. The number of thiophene rings is 1. The molecule has 2 aromatic rings. The summed E-state index contributed by atoms with van der Waals surface area (Å²) in [6, 6.07) is 7.99. The maximum atomic E-state index is 12.5. The summed E-state index contributed by atoms with van der Waals surface area (Å²) in [7, 11) is 2.60. The van der Waals surface area contributed by atoms with Crippen molar-refractivity contribution in [2.24, 2.45) is 0 Å². The number of methoxy groups -OCH3 is 2. The molecule has 0 radical (unpaired) electrons. The van der Waals surface area contributed by atoms with Gasteiger partial charge in [-0.3, -0.25) is 9.59 Å². The molecule has 1 unspecified atom stereocenters. The Labute approximate surface area is 179 Å². The lowest BCUT2D eigenvalue weighted by Gasteiger charge is -2.11. The van der Waals surface area contributed by atoms with Gasteiger partial charge in [-0.15, -0.1) is 11.3 Å². The van der Waals surface area contributed by atoms with E-state index in [1.807, 2.05) is 24.3 Å². The normalized spacial score (nSPS) is 15.3. The summed E-state index contributed by atoms with van der Waals surface area (Å²) in [6.07, 6.45) is 4.37. The number of aryl methyl sites for hydroxylation is 1. The first-order valence-electron chi connectivity index (χ1n) is 9.76. The lowest BCUT2D eigenvalue weighted by molar-refractivity contribution is -0.142. The number of hydrogen-bond donors (Lipinski definition) is 1. The fourth-order valence-corrected chi connectivity index (χ4v) is 4.82. The molecule has 1 aliphatic carbocycles. The highest BCUT2D eigenvalue weighted by atomic mass is 32.1. The van der Waals surface area contributed by atoms with Crippen LogP contribution in [0.25, 0.3) is 6.08 Å². The van der Waals surface area contributed by atoms with Crippen molar-refractivity contribution < 1.29 is 23.9 Å². The first-order chi connectivity index (χ1) is 14.3. The number of carbonyl (C=O) groups is 3. The van der Waals surface area contributed by atoms with Crippen LogP contribution in [0.3, 0.4) is 0 Å². The first kappa shape index (κ1) is 21.8. The van der Waals surface area contributed by atoms with Crippen molar-refractivity contribution in [2.75, 3.05) is 19.5 Å². The van der Waals surface area contributed by atoms with E-state index in [1.165, 1.54) is 37.2 Å². The molecule has 1 atom stereocenters. The molecule has 1 N–H and O–H groups in total. The topological polar surface area (TPSA) is 81.7 Å². The van der Waals surface area contributed by atoms with E-state index in [0.717, 1.165) is 10.4 Å². The van der Waals surface area contributed by atoms with Gasteiger partial charge in [-0.1, -0.05) is 38.1 Å². The summed E-state index contributed by atoms with van der Waals surface area (Å²) in [5.41, 5.74) is 2.99. The molecule has 158 valence electrons. The number of nitrogens with one attached hydrogen (secondary N) is 1. The predicted octanol–water partition coefficient (Wildman–Crippen LogP) is 4.51. The van der Waals surface area contributed by atoms with Gasteiger partial charge in [0.25, 0.3) is 0 Å². The summed E-state index contributed by atoms with van der Waals surface area (Å²) in [4.78, 5) is 37.9. The lowest BCUT2D eigenvalue weighted by atomic mass is 9.99. The number of benzene rings is 1. The third-order valence-corrected chi connectivity index (χ3v) is 6.35. The van der Waals surface area contributed by atoms with Gasteiger partial charge in [0, 0.05) is 11.0 Å². The van der Waals surface area contributed by atoms with Gasteiger partial charge >= 0.3 is 11.9 Å². The van der Waals surface area contributed by atoms with E-state index in [9.17, 15) is 14.4 Å². The summed E-state index contributed by atoms with van der Waals surface area (Å²) >= 11 is 1.30. The zero-order chi connectivity index (χ0) is 21.8. The molecule has 0 saturated carbocycles. The fraction of sp³-hybridized carbons (Fsp3) is 0.348. The predicted molar refractivity (Wildman–Crippen MR) is 117 cm³/mol. The number of amides is 1. The van der Waals surface area contributed by atoms with Crippen LogP contribution in [0.15, 0.2) is 30.3 Å². The second-order valence-electron chi connectivity index (χ2n) is 7.39. The number of fused-ring (bicyclic) bond motifs is 1. The second kappa shape index (κ2) is 9.26. The maximum absolute atomic E-state index is 12.5. The van der Waals surface area contributed by atoms with Crippen molar-refractivity contribution in [3.8, 4) is 0 Å². The third kappa shape index (κ3) is 4.46. The largest absolute Gasteiger partial charge is 0.469 e. The molecule has 1 aromatic carbocycles. The van der Waals surface area contributed by atoms with E-state index in [2.05, 4.69) is 19.2 Å². The molecule has 7 heteroatoms. The van der Waals surface area contributed by atoms with Crippen LogP contribution in [0.4, 0.5) is 5.00 Å². The second-order valence-corrected chi connectivity index (χ2v) is 8.50. The highest BCUT2D eigenvalue weighted by Gasteiger charge is 2.38. The molecule has 0 saturated heterocycles. The van der Waals surface area contributed by atoms with Crippen molar-refractivity contribution in [2.45, 2.75) is 38.5 Å². The van der Waals surface area contributed by atoms with Crippen LogP contribution in [0.1, 0.15) is 64.0 Å². The Kier molecular flexibility index (Phi) is 6.72. The van der Waals surface area contributed by atoms with Crippen LogP contribution < -0.4 is 5.32 Å². The Bertz CT molecular complexity index is 988. The van der Waals surface area contributed by atoms with Gasteiger partial charge in [0.1, 0.15) is 5.00 Å². The van der Waals surface area contributed by atoms with Crippen molar-refractivity contribution in [1.82, 2.24) is 0 Å². The molecule has 1 aliphatic rings. The van der Waals surface area contributed by atoms with Gasteiger partial charge < -0.3 is 14.8 Å². The fourth-order valence-electron chi connectivity index (χ4n) is 3.55. The van der Waals surface area contributed by atoms with Gasteiger partial charge in [-0.2, -0.15) is 0 Å².